The van der Waals surface area contributed by atoms with Gasteiger partial charge in [-0.05, 0) is 30.7 Å². The van der Waals surface area contributed by atoms with Crippen molar-refractivity contribution in [3.63, 3.8) is 0 Å². The third-order valence-electron chi connectivity index (χ3n) is 4.57. The largest absolute Gasteiger partial charge is 0.477 e. The SMILES string of the molecule is Cc1cccc(COC(=O)c2c3ccccc3n3cc(OCC#N)ccc23)c1. The number of esters is 1. The van der Waals surface area contributed by atoms with Crippen molar-refractivity contribution < 1.29 is 14.3 Å². The number of nitriles is 1. The highest BCUT2D eigenvalue weighted by Crippen LogP contribution is 2.29. The molecule has 2 aromatic heterocycles. The Morgan fingerprint density at radius 3 is 2.75 bits per heavy atom. The number of benzene rings is 2. The molecule has 5 nitrogen and oxygen atoms in total. The fourth-order valence-electron chi connectivity index (χ4n) is 3.36. The number of pyridine rings is 1. The lowest BCUT2D eigenvalue weighted by Gasteiger charge is -2.06. The van der Waals surface area contributed by atoms with Crippen molar-refractivity contribution in [3.05, 3.63) is 83.6 Å². The Morgan fingerprint density at radius 2 is 1.93 bits per heavy atom. The molecule has 0 saturated heterocycles. The minimum atomic E-state index is -0.370. The second-order valence-corrected chi connectivity index (χ2v) is 6.52. The Kier molecular flexibility index (Phi) is 4.69. The monoisotopic (exact) mass is 370 g/mol. The summed E-state index contributed by atoms with van der Waals surface area (Å²) in [6.45, 7) is 2.19. The van der Waals surface area contributed by atoms with Gasteiger partial charge in [0.2, 0.25) is 0 Å². The fraction of sp³-hybridized carbons (Fsp3) is 0.130. The van der Waals surface area contributed by atoms with Crippen molar-refractivity contribution in [1.29, 1.82) is 5.26 Å². The van der Waals surface area contributed by atoms with Crippen molar-refractivity contribution in [2.24, 2.45) is 0 Å². The lowest BCUT2D eigenvalue weighted by molar-refractivity contribution is 0.0477. The summed E-state index contributed by atoms with van der Waals surface area (Å²) < 4.78 is 12.9. The molecular weight excluding hydrogens is 352 g/mol. The Balaban J connectivity index is 1.72. The van der Waals surface area contributed by atoms with Gasteiger partial charge in [-0.25, -0.2) is 4.79 Å². The number of ether oxygens (including phenoxy) is 2. The highest BCUT2D eigenvalue weighted by Gasteiger charge is 2.19. The van der Waals surface area contributed by atoms with E-state index in [4.69, 9.17) is 14.7 Å². The molecule has 0 amide bonds. The number of fused-ring (bicyclic) bond motifs is 3. The number of rotatable bonds is 5. The molecule has 0 atom stereocenters. The minimum absolute atomic E-state index is 0.0316. The van der Waals surface area contributed by atoms with E-state index in [0.29, 0.717) is 11.3 Å². The van der Waals surface area contributed by atoms with E-state index in [-0.39, 0.29) is 19.2 Å². The molecule has 0 aliphatic carbocycles. The lowest BCUT2D eigenvalue weighted by atomic mass is 10.1. The summed E-state index contributed by atoms with van der Waals surface area (Å²) in [7, 11) is 0. The topological polar surface area (TPSA) is 63.7 Å². The van der Waals surface area contributed by atoms with Crippen LogP contribution in [0.3, 0.4) is 0 Å². The number of hydrogen-bond acceptors (Lipinski definition) is 4. The van der Waals surface area contributed by atoms with Crippen LogP contribution in [0.1, 0.15) is 21.5 Å². The van der Waals surface area contributed by atoms with Gasteiger partial charge in [0.1, 0.15) is 18.4 Å². The highest BCUT2D eigenvalue weighted by atomic mass is 16.5. The van der Waals surface area contributed by atoms with Gasteiger partial charge in [-0.15, -0.1) is 0 Å². The fourth-order valence-corrected chi connectivity index (χ4v) is 3.36. The van der Waals surface area contributed by atoms with Crippen molar-refractivity contribution in [2.75, 3.05) is 6.61 Å². The summed E-state index contributed by atoms with van der Waals surface area (Å²) in [5.74, 6) is 0.195. The number of carbonyl (C=O) groups is 1. The predicted molar refractivity (Wildman–Crippen MR) is 106 cm³/mol. The standard InChI is InChI=1S/C23H18N2O3/c1-16-5-4-6-17(13-16)15-28-23(26)22-19-7-2-3-8-20(19)25-14-18(27-12-11-24)9-10-21(22)25/h2-10,13-14H,12,15H2,1H3. The van der Waals surface area contributed by atoms with Gasteiger partial charge in [0, 0.05) is 5.39 Å². The van der Waals surface area contributed by atoms with Gasteiger partial charge < -0.3 is 13.9 Å². The first kappa shape index (κ1) is 17.6. The maximum absolute atomic E-state index is 12.9. The van der Waals surface area contributed by atoms with Gasteiger partial charge in [0.15, 0.2) is 6.61 Å². The zero-order chi connectivity index (χ0) is 19.5. The Bertz CT molecular complexity index is 1220. The summed E-state index contributed by atoms with van der Waals surface area (Å²) in [5, 5.41) is 9.53. The maximum Gasteiger partial charge on any atom is 0.341 e. The summed E-state index contributed by atoms with van der Waals surface area (Å²) in [6, 6.07) is 21.1. The van der Waals surface area contributed by atoms with E-state index in [9.17, 15) is 4.79 Å². The first-order valence-corrected chi connectivity index (χ1v) is 8.92. The van der Waals surface area contributed by atoms with Crippen LogP contribution in [-0.2, 0) is 11.3 Å². The molecular formula is C23H18N2O3. The zero-order valence-electron chi connectivity index (χ0n) is 15.4. The molecule has 0 aliphatic heterocycles. The van der Waals surface area contributed by atoms with Gasteiger partial charge in [-0.1, -0.05) is 48.0 Å². The molecule has 5 heteroatoms. The van der Waals surface area contributed by atoms with Crippen LogP contribution in [0.4, 0.5) is 0 Å². The van der Waals surface area contributed by atoms with E-state index in [2.05, 4.69) is 0 Å². The molecule has 0 aliphatic rings. The minimum Gasteiger partial charge on any atom is -0.477 e. The van der Waals surface area contributed by atoms with E-state index in [0.717, 1.165) is 27.5 Å². The van der Waals surface area contributed by atoms with Crippen LogP contribution in [0.2, 0.25) is 0 Å². The first-order valence-electron chi connectivity index (χ1n) is 8.92. The van der Waals surface area contributed by atoms with Gasteiger partial charge >= 0.3 is 5.97 Å². The lowest BCUT2D eigenvalue weighted by Crippen LogP contribution is -2.05. The molecule has 0 radical (unpaired) electrons. The molecule has 4 rings (SSSR count). The molecule has 2 heterocycles. The summed E-state index contributed by atoms with van der Waals surface area (Å²) in [6.07, 6.45) is 1.78. The summed E-state index contributed by atoms with van der Waals surface area (Å²) in [5.41, 5.74) is 4.21. The molecule has 28 heavy (non-hydrogen) atoms. The maximum atomic E-state index is 12.9. The Hall–Kier alpha value is -3.78. The van der Waals surface area contributed by atoms with Crippen molar-refractivity contribution in [1.82, 2.24) is 4.40 Å². The predicted octanol–water partition coefficient (Wildman–Crippen LogP) is 4.66. The van der Waals surface area contributed by atoms with Crippen LogP contribution < -0.4 is 4.74 Å². The molecule has 2 aromatic carbocycles. The van der Waals surface area contributed by atoms with E-state index >= 15 is 0 Å². The summed E-state index contributed by atoms with van der Waals surface area (Å²) in [4.78, 5) is 12.9. The quantitative estimate of drug-likeness (QED) is 0.479. The van der Waals surface area contributed by atoms with E-state index in [1.807, 2.05) is 72.0 Å². The second-order valence-electron chi connectivity index (χ2n) is 6.52. The second kappa shape index (κ2) is 7.45. The van der Waals surface area contributed by atoms with Crippen molar-refractivity contribution in [3.8, 4) is 11.8 Å². The molecule has 138 valence electrons. The average molecular weight is 370 g/mol. The number of aromatic nitrogens is 1. The van der Waals surface area contributed by atoms with Gasteiger partial charge in [-0.3, -0.25) is 0 Å². The normalized spacial score (nSPS) is 10.7. The molecule has 4 aromatic rings. The third kappa shape index (κ3) is 3.28. The van der Waals surface area contributed by atoms with Gasteiger partial charge in [0.05, 0.1) is 22.8 Å². The van der Waals surface area contributed by atoms with Crippen LogP contribution >= 0.6 is 0 Å². The zero-order valence-corrected chi connectivity index (χ0v) is 15.4. The third-order valence-corrected chi connectivity index (χ3v) is 4.57. The molecule has 0 saturated carbocycles. The number of nitrogens with zero attached hydrogens (tertiary/aromatic N) is 2. The van der Waals surface area contributed by atoms with Crippen LogP contribution in [0, 0.1) is 18.3 Å². The van der Waals surface area contributed by atoms with Crippen LogP contribution in [0.5, 0.6) is 5.75 Å². The number of para-hydroxylation sites is 1. The average Bonchev–Trinajstić information content (AvgIpc) is 3.04. The van der Waals surface area contributed by atoms with Crippen molar-refractivity contribution >= 4 is 22.4 Å². The van der Waals surface area contributed by atoms with E-state index < -0.39 is 0 Å². The van der Waals surface area contributed by atoms with Crippen molar-refractivity contribution in [2.45, 2.75) is 13.5 Å². The van der Waals surface area contributed by atoms with Crippen LogP contribution in [0.15, 0.2) is 66.9 Å². The van der Waals surface area contributed by atoms with Gasteiger partial charge in [-0.2, -0.15) is 5.26 Å². The van der Waals surface area contributed by atoms with Gasteiger partial charge in [0.25, 0.3) is 0 Å². The van der Waals surface area contributed by atoms with E-state index in [1.54, 1.807) is 12.3 Å². The smallest absolute Gasteiger partial charge is 0.341 e. The van der Waals surface area contributed by atoms with E-state index in [1.165, 1.54) is 0 Å². The number of hydrogen-bond donors (Lipinski definition) is 0. The molecule has 0 bridgehead atoms. The number of aryl methyl sites for hydroxylation is 1. The first-order chi connectivity index (χ1) is 13.7. The molecule has 0 fully saturated rings. The summed E-state index contributed by atoms with van der Waals surface area (Å²) >= 11 is 0. The number of carbonyl (C=O) groups excluding carboxylic acids is 1. The van der Waals surface area contributed by atoms with Crippen LogP contribution in [0.25, 0.3) is 16.4 Å². The Morgan fingerprint density at radius 1 is 1.07 bits per heavy atom. The van der Waals surface area contributed by atoms with Crippen LogP contribution in [-0.4, -0.2) is 17.0 Å². The molecule has 0 spiro atoms. The Labute approximate surface area is 162 Å². The molecule has 0 unspecified atom stereocenters. The highest BCUT2D eigenvalue weighted by molar-refractivity contribution is 6.11. The molecule has 0 N–H and O–H groups in total.